The lowest BCUT2D eigenvalue weighted by Crippen LogP contribution is -2.58. The maximum Gasteiger partial charge on any atom is 0.235 e. The summed E-state index contributed by atoms with van der Waals surface area (Å²) >= 11 is 0. The minimum absolute atomic E-state index is 0.0786. The summed E-state index contributed by atoms with van der Waals surface area (Å²) in [5.74, 6) is 0.157. The number of carbonyl (C=O) groups is 1. The zero-order valence-electron chi connectivity index (χ0n) is 11.9. The van der Waals surface area contributed by atoms with Crippen molar-refractivity contribution in [3.63, 3.8) is 0 Å². The fourth-order valence-corrected chi connectivity index (χ4v) is 3.94. The average Bonchev–Trinajstić information content (AvgIpc) is 2.54. The van der Waals surface area contributed by atoms with Crippen LogP contribution in [0.4, 0.5) is 0 Å². The molecule has 0 saturated carbocycles. The van der Waals surface area contributed by atoms with Crippen LogP contribution in [0.2, 0.25) is 0 Å². The van der Waals surface area contributed by atoms with E-state index in [0.717, 1.165) is 6.54 Å². The van der Waals surface area contributed by atoms with Gasteiger partial charge in [0.25, 0.3) is 0 Å². The fourth-order valence-electron chi connectivity index (χ4n) is 3.94. The first-order valence-corrected chi connectivity index (χ1v) is 7.34. The van der Waals surface area contributed by atoms with Gasteiger partial charge in [-0.25, -0.2) is 0 Å². The van der Waals surface area contributed by atoms with Crippen LogP contribution >= 0.6 is 0 Å². The molecule has 2 fully saturated rings. The Labute approximate surface area is 110 Å². The third-order valence-corrected chi connectivity index (χ3v) is 4.53. The van der Waals surface area contributed by atoms with Gasteiger partial charge in [0, 0.05) is 18.1 Å². The van der Waals surface area contributed by atoms with Gasteiger partial charge < -0.3 is 11.1 Å². The number of nitrogens with zero attached hydrogens (tertiary/aromatic N) is 1. The van der Waals surface area contributed by atoms with Crippen molar-refractivity contribution in [3.05, 3.63) is 0 Å². The van der Waals surface area contributed by atoms with Crippen LogP contribution in [0.3, 0.4) is 0 Å². The maximum absolute atomic E-state index is 11.7. The van der Waals surface area contributed by atoms with E-state index in [2.05, 4.69) is 31.0 Å². The Balaban J connectivity index is 2.10. The van der Waals surface area contributed by atoms with Gasteiger partial charge in [0.15, 0.2) is 0 Å². The Morgan fingerprint density at radius 3 is 2.28 bits per heavy atom. The van der Waals surface area contributed by atoms with Gasteiger partial charge in [-0.3, -0.25) is 9.69 Å². The summed E-state index contributed by atoms with van der Waals surface area (Å²) in [5, 5.41) is 3.56. The quantitative estimate of drug-likeness (QED) is 0.771. The minimum atomic E-state index is -0.149. The van der Waals surface area contributed by atoms with Gasteiger partial charge >= 0.3 is 0 Å². The monoisotopic (exact) mass is 253 g/mol. The van der Waals surface area contributed by atoms with Crippen molar-refractivity contribution >= 4 is 5.91 Å². The molecule has 0 aromatic carbocycles. The Hall–Kier alpha value is -0.610. The van der Waals surface area contributed by atoms with Gasteiger partial charge in [-0.15, -0.1) is 0 Å². The maximum atomic E-state index is 11.7. The van der Waals surface area contributed by atoms with Crippen molar-refractivity contribution in [3.8, 4) is 0 Å². The van der Waals surface area contributed by atoms with Crippen molar-refractivity contribution in [1.82, 2.24) is 10.2 Å². The summed E-state index contributed by atoms with van der Waals surface area (Å²) in [6.07, 6.45) is 4.79. The number of nitrogens with two attached hydrogens (primary N) is 1. The lowest BCUT2D eigenvalue weighted by molar-refractivity contribution is -0.127. The van der Waals surface area contributed by atoms with Crippen LogP contribution in [0.1, 0.15) is 46.5 Å². The number of piperidine rings is 1. The van der Waals surface area contributed by atoms with E-state index >= 15 is 0 Å². The molecule has 2 saturated heterocycles. The van der Waals surface area contributed by atoms with Gasteiger partial charge in [0.1, 0.15) is 0 Å². The highest BCUT2D eigenvalue weighted by atomic mass is 16.1. The van der Waals surface area contributed by atoms with Gasteiger partial charge in [0.05, 0.1) is 6.04 Å². The Kier molecular flexibility index (Phi) is 4.28. The van der Waals surface area contributed by atoms with Crippen LogP contribution < -0.4 is 11.1 Å². The average molecular weight is 253 g/mol. The Morgan fingerprint density at radius 2 is 1.89 bits per heavy atom. The number of nitrogens with one attached hydrogen (secondary N) is 1. The first-order valence-electron chi connectivity index (χ1n) is 7.34. The second kappa shape index (κ2) is 5.57. The Bertz CT molecular complexity index is 291. The van der Waals surface area contributed by atoms with Crippen LogP contribution in [0.25, 0.3) is 0 Å². The van der Waals surface area contributed by atoms with Gasteiger partial charge in [-0.1, -0.05) is 20.8 Å². The van der Waals surface area contributed by atoms with Crippen LogP contribution in [0.15, 0.2) is 0 Å². The number of primary amides is 1. The molecule has 1 amide bonds. The first kappa shape index (κ1) is 13.8. The molecule has 0 aromatic rings. The molecule has 4 nitrogen and oxygen atoms in total. The molecular weight excluding hydrogens is 226 g/mol. The molecule has 2 aliphatic heterocycles. The van der Waals surface area contributed by atoms with Crippen LogP contribution in [0, 0.1) is 5.92 Å². The molecule has 0 radical (unpaired) electrons. The van der Waals surface area contributed by atoms with Gasteiger partial charge in [0.2, 0.25) is 5.91 Å². The highest BCUT2D eigenvalue weighted by Gasteiger charge is 2.45. The lowest BCUT2D eigenvalue weighted by Gasteiger charge is -2.44. The van der Waals surface area contributed by atoms with Crippen LogP contribution in [0.5, 0.6) is 0 Å². The molecule has 104 valence electrons. The number of fused-ring (bicyclic) bond motifs is 2. The highest BCUT2D eigenvalue weighted by Crippen LogP contribution is 2.38. The predicted molar refractivity (Wildman–Crippen MR) is 73.2 cm³/mol. The largest absolute Gasteiger partial charge is 0.368 e. The van der Waals surface area contributed by atoms with E-state index in [1.165, 1.54) is 25.7 Å². The van der Waals surface area contributed by atoms with Crippen molar-refractivity contribution in [2.24, 2.45) is 11.7 Å². The highest BCUT2D eigenvalue weighted by molar-refractivity contribution is 5.80. The summed E-state index contributed by atoms with van der Waals surface area (Å²) in [5.41, 5.74) is 5.62. The van der Waals surface area contributed by atoms with Crippen LogP contribution in [-0.2, 0) is 4.79 Å². The third-order valence-electron chi connectivity index (χ3n) is 4.53. The van der Waals surface area contributed by atoms with Gasteiger partial charge in [-0.2, -0.15) is 0 Å². The van der Waals surface area contributed by atoms with E-state index in [0.29, 0.717) is 24.0 Å². The number of rotatable bonds is 5. The normalized spacial score (nSPS) is 33.9. The number of amides is 1. The molecule has 18 heavy (non-hydrogen) atoms. The molecule has 0 spiro atoms. The van der Waals surface area contributed by atoms with E-state index < -0.39 is 0 Å². The fraction of sp³-hybridized carbons (Fsp3) is 0.929. The number of hydrogen-bond acceptors (Lipinski definition) is 3. The van der Waals surface area contributed by atoms with Gasteiger partial charge in [-0.05, 0) is 38.1 Å². The molecule has 3 atom stereocenters. The third kappa shape index (κ3) is 2.54. The predicted octanol–water partition coefficient (Wildman–Crippen LogP) is 1.10. The second-order valence-electron chi connectivity index (χ2n) is 6.15. The molecule has 3 N–H and O–H groups in total. The molecule has 0 aliphatic carbocycles. The molecule has 2 aliphatic rings. The lowest BCUT2D eigenvalue weighted by atomic mass is 9.91. The van der Waals surface area contributed by atoms with Crippen LogP contribution in [-0.4, -0.2) is 41.5 Å². The summed E-state index contributed by atoms with van der Waals surface area (Å²) in [6.45, 7) is 7.40. The van der Waals surface area contributed by atoms with E-state index in [-0.39, 0.29) is 11.9 Å². The standard InChI is InChI=1S/C14H27N3O/c1-4-16-10-7-11-5-6-12(8-10)17(11)13(9(2)3)14(15)18/h9-13,16H,4-8H2,1-3H3,(H2,15,18). The van der Waals surface area contributed by atoms with E-state index in [1.807, 2.05) is 0 Å². The smallest absolute Gasteiger partial charge is 0.235 e. The second-order valence-corrected chi connectivity index (χ2v) is 6.15. The van der Waals surface area contributed by atoms with E-state index in [9.17, 15) is 4.79 Å². The molecule has 3 unspecified atom stereocenters. The molecule has 2 rings (SSSR count). The molecular formula is C14H27N3O. The zero-order chi connectivity index (χ0) is 13.3. The topological polar surface area (TPSA) is 58.4 Å². The van der Waals surface area contributed by atoms with Crippen molar-refractivity contribution in [1.29, 1.82) is 0 Å². The summed E-state index contributed by atoms with van der Waals surface area (Å²) in [7, 11) is 0. The molecule has 4 heteroatoms. The number of hydrogen-bond donors (Lipinski definition) is 2. The van der Waals surface area contributed by atoms with E-state index in [4.69, 9.17) is 5.73 Å². The molecule has 0 aromatic heterocycles. The van der Waals surface area contributed by atoms with E-state index in [1.54, 1.807) is 0 Å². The minimum Gasteiger partial charge on any atom is -0.368 e. The molecule has 2 heterocycles. The first-order chi connectivity index (χ1) is 8.54. The summed E-state index contributed by atoms with van der Waals surface area (Å²) in [4.78, 5) is 14.2. The summed E-state index contributed by atoms with van der Waals surface area (Å²) < 4.78 is 0. The number of carbonyl (C=O) groups excluding carboxylic acids is 1. The van der Waals surface area contributed by atoms with Crippen molar-refractivity contribution < 1.29 is 4.79 Å². The van der Waals surface area contributed by atoms with Crippen molar-refractivity contribution in [2.75, 3.05) is 6.54 Å². The Morgan fingerprint density at radius 1 is 1.33 bits per heavy atom. The zero-order valence-corrected chi connectivity index (χ0v) is 11.9. The van der Waals surface area contributed by atoms with Crippen molar-refractivity contribution in [2.45, 2.75) is 70.6 Å². The molecule has 2 bridgehead atoms. The SMILES string of the molecule is CCNC1CC2CCC(C1)N2C(C(N)=O)C(C)C. The summed E-state index contributed by atoms with van der Waals surface area (Å²) in [6, 6.07) is 1.65.